The zero-order valence-corrected chi connectivity index (χ0v) is 15.6. The topological polar surface area (TPSA) is 113 Å². The van der Waals surface area contributed by atoms with Crippen LogP contribution < -0.4 is 10.2 Å². The van der Waals surface area contributed by atoms with Gasteiger partial charge in [-0.15, -0.1) is 0 Å². The zero-order chi connectivity index (χ0) is 18.9. The van der Waals surface area contributed by atoms with Crippen LogP contribution in [0.3, 0.4) is 0 Å². The monoisotopic (exact) mass is 392 g/mol. The van der Waals surface area contributed by atoms with Crippen molar-refractivity contribution in [2.24, 2.45) is 7.05 Å². The highest BCUT2D eigenvalue weighted by Gasteiger charge is 2.17. The van der Waals surface area contributed by atoms with Gasteiger partial charge in [-0.2, -0.15) is 0 Å². The van der Waals surface area contributed by atoms with Gasteiger partial charge in [-0.3, -0.25) is 14.7 Å². The molecule has 3 rings (SSSR count). The molecular weight excluding hydrogens is 376 g/mol. The third-order valence-electron chi connectivity index (χ3n) is 3.80. The van der Waals surface area contributed by atoms with E-state index in [9.17, 15) is 13.2 Å². The van der Waals surface area contributed by atoms with Crippen LogP contribution in [0.25, 0.3) is 11.0 Å². The molecule has 0 aliphatic carbocycles. The maximum Gasteiger partial charge on any atom is 0.274 e. The molecule has 3 N–H and O–H groups in total. The van der Waals surface area contributed by atoms with E-state index in [0.29, 0.717) is 11.2 Å². The van der Waals surface area contributed by atoms with Crippen LogP contribution in [0.2, 0.25) is 0 Å². The molecule has 10 heteroatoms. The van der Waals surface area contributed by atoms with Gasteiger partial charge in [-0.1, -0.05) is 11.8 Å². The molecule has 136 valence electrons. The fourth-order valence-electron chi connectivity index (χ4n) is 2.48. The normalized spacial score (nSPS) is 11.5. The Hall–Kier alpha value is -2.56. The average Bonchev–Trinajstić information content (AvgIpc) is 2.97. The standard InChI is InChI=1S/C16H16N4O4S2/c1-20-14-8-7-12(9-13(14)17-16(20)25-2)26(23,24)19-11-5-3-10(4-6-11)15(21)18-22/h3-9,19,22H,1-2H3,(H,18,21). The van der Waals surface area contributed by atoms with Crippen molar-refractivity contribution in [1.82, 2.24) is 15.0 Å². The van der Waals surface area contributed by atoms with Crippen LogP contribution in [-0.2, 0) is 17.1 Å². The Bertz CT molecular complexity index is 1080. The lowest BCUT2D eigenvalue weighted by molar-refractivity contribution is 0.0706. The van der Waals surface area contributed by atoms with E-state index < -0.39 is 15.9 Å². The van der Waals surface area contributed by atoms with E-state index in [1.54, 1.807) is 6.07 Å². The van der Waals surface area contributed by atoms with Crippen molar-refractivity contribution in [3.05, 3.63) is 48.0 Å². The Morgan fingerprint density at radius 3 is 2.50 bits per heavy atom. The number of carbonyl (C=O) groups is 1. The highest BCUT2D eigenvalue weighted by atomic mass is 32.2. The van der Waals surface area contributed by atoms with Crippen LogP contribution >= 0.6 is 11.8 Å². The number of aryl methyl sites for hydroxylation is 1. The van der Waals surface area contributed by atoms with E-state index in [0.717, 1.165) is 10.7 Å². The molecule has 0 saturated heterocycles. The van der Waals surface area contributed by atoms with Crippen LogP contribution in [0, 0.1) is 0 Å². The van der Waals surface area contributed by atoms with Crippen molar-refractivity contribution in [2.75, 3.05) is 11.0 Å². The quantitative estimate of drug-likeness (QED) is 0.349. The number of benzene rings is 2. The second-order valence-electron chi connectivity index (χ2n) is 5.43. The summed E-state index contributed by atoms with van der Waals surface area (Å²) in [4.78, 5) is 15.8. The molecule has 0 spiro atoms. The Morgan fingerprint density at radius 2 is 1.88 bits per heavy atom. The fourth-order valence-corrected chi connectivity index (χ4v) is 4.12. The molecule has 0 radical (unpaired) electrons. The Balaban J connectivity index is 1.90. The fraction of sp³-hybridized carbons (Fsp3) is 0.125. The van der Waals surface area contributed by atoms with Crippen LogP contribution in [0.4, 0.5) is 5.69 Å². The van der Waals surface area contributed by atoms with E-state index in [-0.39, 0.29) is 10.5 Å². The number of aromatic nitrogens is 2. The predicted molar refractivity (Wildman–Crippen MR) is 99.0 cm³/mol. The predicted octanol–water partition coefficient (Wildman–Crippen LogP) is 2.21. The van der Waals surface area contributed by atoms with Gasteiger partial charge in [0.2, 0.25) is 0 Å². The van der Waals surface area contributed by atoms with Crippen LogP contribution in [0.5, 0.6) is 0 Å². The van der Waals surface area contributed by atoms with Crippen LogP contribution in [0.15, 0.2) is 52.5 Å². The van der Waals surface area contributed by atoms with Gasteiger partial charge in [0.1, 0.15) is 0 Å². The van der Waals surface area contributed by atoms with E-state index >= 15 is 0 Å². The lowest BCUT2D eigenvalue weighted by Crippen LogP contribution is -2.18. The molecular formula is C16H16N4O4S2. The van der Waals surface area contributed by atoms with Crippen LogP contribution in [0.1, 0.15) is 10.4 Å². The van der Waals surface area contributed by atoms with Crippen molar-refractivity contribution in [2.45, 2.75) is 10.1 Å². The maximum absolute atomic E-state index is 12.6. The van der Waals surface area contributed by atoms with Gasteiger partial charge in [0.15, 0.2) is 5.16 Å². The van der Waals surface area contributed by atoms with Gasteiger partial charge in [-0.25, -0.2) is 18.9 Å². The number of thioether (sulfide) groups is 1. The lowest BCUT2D eigenvalue weighted by atomic mass is 10.2. The van der Waals surface area contributed by atoms with Crippen molar-refractivity contribution in [3.63, 3.8) is 0 Å². The van der Waals surface area contributed by atoms with Gasteiger partial charge < -0.3 is 4.57 Å². The van der Waals surface area contributed by atoms with E-state index in [1.807, 2.05) is 17.9 Å². The highest BCUT2D eigenvalue weighted by Crippen LogP contribution is 2.24. The van der Waals surface area contributed by atoms with Crippen LogP contribution in [-0.4, -0.2) is 35.3 Å². The summed E-state index contributed by atoms with van der Waals surface area (Å²) < 4.78 is 29.6. The second-order valence-corrected chi connectivity index (χ2v) is 7.89. The summed E-state index contributed by atoms with van der Waals surface area (Å²) in [5, 5.41) is 9.39. The number of carbonyl (C=O) groups excluding carboxylic acids is 1. The minimum atomic E-state index is -3.81. The minimum absolute atomic E-state index is 0.0907. The average molecular weight is 392 g/mol. The number of hydrogen-bond acceptors (Lipinski definition) is 6. The summed E-state index contributed by atoms with van der Waals surface area (Å²) in [5.74, 6) is -0.676. The number of hydroxylamine groups is 1. The van der Waals surface area contributed by atoms with E-state index in [2.05, 4.69) is 9.71 Å². The number of imidazole rings is 1. The molecule has 0 saturated carbocycles. The summed E-state index contributed by atoms with van der Waals surface area (Å²) >= 11 is 1.48. The first-order chi connectivity index (χ1) is 12.4. The number of nitrogens with zero attached hydrogens (tertiary/aromatic N) is 2. The summed E-state index contributed by atoms with van der Waals surface area (Å²) in [6.07, 6.45) is 1.90. The lowest BCUT2D eigenvalue weighted by Gasteiger charge is -2.09. The molecule has 1 aromatic heterocycles. The third kappa shape index (κ3) is 3.39. The van der Waals surface area contributed by atoms with Crippen molar-refractivity contribution >= 4 is 44.4 Å². The SMILES string of the molecule is CSc1nc2cc(S(=O)(=O)Nc3ccc(C(=O)NO)cc3)ccc2n1C. The van der Waals surface area contributed by atoms with Gasteiger partial charge in [0.25, 0.3) is 15.9 Å². The highest BCUT2D eigenvalue weighted by molar-refractivity contribution is 7.98. The summed E-state index contributed by atoms with van der Waals surface area (Å²) in [7, 11) is -1.94. The number of sulfonamides is 1. The third-order valence-corrected chi connectivity index (χ3v) is 5.91. The molecule has 8 nitrogen and oxygen atoms in total. The number of nitrogens with one attached hydrogen (secondary N) is 2. The molecule has 3 aromatic rings. The minimum Gasteiger partial charge on any atom is -0.322 e. The number of amides is 1. The number of fused-ring (bicyclic) bond motifs is 1. The van der Waals surface area contributed by atoms with E-state index in [1.165, 1.54) is 53.6 Å². The number of rotatable bonds is 5. The Kier molecular flexibility index (Phi) is 4.90. The first-order valence-corrected chi connectivity index (χ1v) is 10.1. The second kappa shape index (κ2) is 6.98. The molecule has 26 heavy (non-hydrogen) atoms. The van der Waals surface area contributed by atoms with Crippen molar-refractivity contribution < 1.29 is 18.4 Å². The molecule has 2 aromatic carbocycles. The van der Waals surface area contributed by atoms with Gasteiger partial charge >= 0.3 is 0 Å². The van der Waals surface area contributed by atoms with Gasteiger partial charge in [0.05, 0.1) is 15.9 Å². The molecule has 0 atom stereocenters. The molecule has 0 bridgehead atoms. The molecule has 0 unspecified atom stereocenters. The molecule has 1 amide bonds. The summed E-state index contributed by atoms with van der Waals surface area (Å²) in [6.45, 7) is 0. The summed E-state index contributed by atoms with van der Waals surface area (Å²) in [6, 6.07) is 10.4. The van der Waals surface area contributed by atoms with Gasteiger partial charge in [0, 0.05) is 18.3 Å². The van der Waals surface area contributed by atoms with E-state index in [4.69, 9.17) is 5.21 Å². The molecule has 1 heterocycles. The molecule has 0 aliphatic heterocycles. The first kappa shape index (κ1) is 18.2. The number of anilines is 1. The Morgan fingerprint density at radius 1 is 1.19 bits per heavy atom. The van der Waals surface area contributed by atoms with Gasteiger partial charge in [-0.05, 0) is 48.7 Å². The first-order valence-electron chi connectivity index (χ1n) is 7.43. The van der Waals surface area contributed by atoms with Crippen molar-refractivity contribution in [1.29, 1.82) is 0 Å². The molecule has 0 aliphatic rings. The number of hydrogen-bond donors (Lipinski definition) is 3. The molecule has 0 fully saturated rings. The maximum atomic E-state index is 12.6. The smallest absolute Gasteiger partial charge is 0.274 e. The van der Waals surface area contributed by atoms with Crippen molar-refractivity contribution in [3.8, 4) is 0 Å². The Labute approximate surface area is 154 Å². The largest absolute Gasteiger partial charge is 0.322 e. The summed E-state index contributed by atoms with van der Waals surface area (Å²) in [5.41, 5.74) is 3.45. The zero-order valence-electron chi connectivity index (χ0n) is 13.9.